The molecule has 2 aliphatic rings. The van der Waals surface area contributed by atoms with E-state index in [2.05, 4.69) is 0 Å². The van der Waals surface area contributed by atoms with E-state index in [0.29, 0.717) is 13.1 Å². The average molecular weight is 310 g/mol. The maximum absolute atomic E-state index is 13.0. The summed E-state index contributed by atoms with van der Waals surface area (Å²) < 4.78 is 29.1. The molecule has 5 nitrogen and oxygen atoms in total. The lowest BCUT2D eigenvalue weighted by Crippen LogP contribution is -2.50. The summed E-state index contributed by atoms with van der Waals surface area (Å²) in [5.74, 6) is 0.0571. The molecule has 1 aromatic carbocycles. The largest absolute Gasteiger partial charge is 0.396 e. The molecule has 116 valence electrons. The van der Waals surface area contributed by atoms with Gasteiger partial charge in [-0.2, -0.15) is 12.7 Å². The Labute approximate surface area is 126 Å². The Balaban J connectivity index is 1.91. The predicted octanol–water partition coefficient (Wildman–Crippen LogP) is 1.39. The van der Waals surface area contributed by atoms with Crippen LogP contribution in [0.3, 0.4) is 0 Å². The molecule has 1 aromatic rings. The molecular weight excluding hydrogens is 288 g/mol. The van der Waals surface area contributed by atoms with Gasteiger partial charge in [-0.25, -0.2) is 0 Å². The van der Waals surface area contributed by atoms with Crippen molar-refractivity contribution in [3.63, 3.8) is 0 Å². The molecule has 1 fully saturated rings. The number of para-hydroxylation sites is 1. The van der Waals surface area contributed by atoms with Crippen molar-refractivity contribution < 1.29 is 13.5 Å². The molecule has 0 amide bonds. The topological polar surface area (TPSA) is 60.9 Å². The Hall–Kier alpha value is -1.11. The van der Waals surface area contributed by atoms with E-state index in [4.69, 9.17) is 0 Å². The molecule has 2 atom stereocenters. The highest BCUT2D eigenvalue weighted by molar-refractivity contribution is 7.90. The van der Waals surface area contributed by atoms with Crippen LogP contribution in [0.1, 0.15) is 25.3 Å². The molecule has 3 rings (SSSR count). The highest BCUT2D eigenvalue weighted by atomic mass is 32.2. The molecule has 2 aliphatic heterocycles. The van der Waals surface area contributed by atoms with E-state index in [9.17, 15) is 13.5 Å². The first-order chi connectivity index (χ1) is 10.0. The fourth-order valence-corrected chi connectivity index (χ4v) is 5.36. The van der Waals surface area contributed by atoms with E-state index in [1.807, 2.05) is 31.2 Å². The van der Waals surface area contributed by atoms with E-state index < -0.39 is 10.2 Å². The highest BCUT2D eigenvalue weighted by Gasteiger charge is 2.40. The lowest BCUT2D eigenvalue weighted by molar-refractivity contribution is 0.165. The molecule has 0 bridgehead atoms. The minimum Gasteiger partial charge on any atom is -0.396 e. The van der Waals surface area contributed by atoms with Gasteiger partial charge in [0.15, 0.2) is 0 Å². The number of fused-ring (bicyclic) bond motifs is 1. The van der Waals surface area contributed by atoms with Gasteiger partial charge in [0, 0.05) is 25.7 Å². The van der Waals surface area contributed by atoms with Crippen LogP contribution in [0.25, 0.3) is 0 Å². The molecule has 0 aliphatic carbocycles. The second-order valence-corrected chi connectivity index (χ2v) is 7.84. The summed E-state index contributed by atoms with van der Waals surface area (Å²) in [7, 11) is -3.51. The van der Waals surface area contributed by atoms with Crippen molar-refractivity contribution in [2.75, 3.05) is 24.0 Å². The van der Waals surface area contributed by atoms with Gasteiger partial charge in [0.25, 0.3) is 0 Å². The zero-order chi connectivity index (χ0) is 15.0. The number of hydrogen-bond acceptors (Lipinski definition) is 3. The van der Waals surface area contributed by atoms with Gasteiger partial charge in [-0.05, 0) is 43.7 Å². The van der Waals surface area contributed by atoms with E-state index in [-0.39, 0.29) is 18.6 Å². The molecular formula is C15H22N2O3S. The van der Waals surface area contributed by atoms with Crippen molar-refractivity contribution in [1.29, 1.82) is 0 Å². The second-order valence-electron chi connectivity index (χ2n) is 6.03. The summed E-state index contributed by atoms with van der Waals surface area (Å²) in [5.41, 5.74) is 1.89. The van der Waals surface area contributed by atoms with Gasteiger partial charge in [0.05, 0.1) is 5.69 Å². The maximum Gasteiger partial charge on any atom is 0.304 e. The first-order valence-corrected chi connectivity index (χ1v) is 8.92. The molecule has 2 unspecified atom stereocenters. The standard InChI is InChI=1S/C15H22N2O3S/c1-12-9-14-6-2-3-7-15(14)17(12)21(19,20)16-8-4-5-13(10-16)11-18/h2-3,6-7,12-13,18H,4-5,8-11H2,1H3. The van der Waals surface area contributed by atoms with Crippen LogP contribution in [0.5, 0.6) is 0 Å². The van der Waals surface area contributed by atoms with Crippen LogP contribution in [0.15, 0.2) is 24.3 Å². The summed E-state index contributed by atoms with van der Waals surface area (Å²) in [6.07, 6.45) is 2.47. The van der Waals surface area contributed by atoms with Crippen molar-refractivity contribution in [3.8, 4) is 0 Å². The first-order valence-electron chi connectivity index (χ1n) is 7.52. The van der Waals surface area contributed by atoms with Crippen LogP contribution < -0.4 is 4.31 Å². The number of rotatable bonds is 3. The summed E-state index contributed by atoms with van der Waals surface area (Å²) in [6, 6.07) is 7.65. The fourth-order valence-electron chi connectivity index (χ4n) is 3.40. The quantitative estimate of drug-likeness (QED) is 0.917. The molecule has 1 saturated heterocycles. The molecule has 0 spiro atoms. The molecule has 0 saturated carbocycles. The van der Waals surface area contributed by atoms with E-state index >= 15 is 0 Å². The van der Waals surface area contributed by atoms with Gasteiger partial charge >= 0.3 is 10.2 Å². The lowest BCUT2D eigenvalue weighted by atomic mass is 10.0. The third kappa shape index (κ3) is 2.56. The Morgan fingerprint density at radius 3 is 2.86 bits per heavy atom. The van der Waals surface area contributed by atoms with Gasteiger partial charge in [-0.3, -0.25) is 4.31 Å². The van der Waals surface area contributed by atoms with Crippen LogP contribution in [0, 0.1) is 5.92 Å². The van der Waals surface area contributed by atoms with E-state index in [0.717, 1.165) is 30.5 Å². The summed E-state index contributed by atoms with van der Waals surface area (Å²) in [5, 5.41) is 9.31. The van der Waals surface area contributed by atoms with Crippen molar-refractivity contribution in [2.45, 2.75) is 32.2 Å². The first kappa shape index (κ1) is 14.8. The van der Waals surface area contributed by atoms with Gasteiger partial charge in [-0.15, -0.1) is 0 Å². The van der Waals surface area contributed by atoms with Crippen molar-refractivity contribution >= 4 is 15.9 Å². The molecule has 2 heterocycles. The fraction of sp³-hybridized carbons (Fsp3) is 0.600. The highest BCUT2D eigenvalue weighted by Crippen LogP contribution is 2.36. The molecule has 0 radical (unpaired) electrons. The monoisotopic (exact) mass is 310 g/mol. The second kappa shape index (κ2) is 5.59. The van der Waals surface area contributed by atoms with Crippen molar-refractivity contribution in [2.24, 2.45) is 5.92 Å². The maximum atomic E-state index is 13.0. The van der Waals surface area contributed by atoms with Crippen LogP contribution in [0.4, 0.5) is 5.69 Å². The number of aliphatic hydroxyl groups excluding tert-OH is 1. The van der Waals surface area contributed by atoms with Crippen LogP contribution >= 0.6 is 0 Å². The zero-order valence-corrected chi connectivity index (χ0v) is 13.1. The van der Waals surface area contributed by atoms with Crippen LogP contribution in [0.2, 0.25) is 0 Å². The van der Waals surface area contributed by atoms with E-state index in [1.54, 1.807) is 4.31 Å². The molecule has 21 heavy (non-hydrogen) atoms. The Morgan fingerprint density at radius 2 is 2.10 bits per heavy atom. The minimum atomic E-state index is -3.51. The van der Waals surface area contributed by atoms with Crippen molar-refractivity contribution in [1.82, 2.24) is 4.31 Å². The van der Waals surface area contributed by atoms with E-state index in [1.165, 1.54) is 4.31 Å². The van der Waals surface area contributed by atoms with Crippen LogP contribution in [-0.2, 0) is 16.6 Å². The third-order valence-electron chi connectivity index (χ3n) is 4.46. The Kier molecular flexibility index (Phi) is 3.94. The van der Waals surface area contributed by atoms with Gasteiger partial charge in [0.2, 0.25) is 0 Å². The number of aliphatic hydroxyl groups is 1. The van der Waals surface area contributed by atoms with Gasteiger partial charge in [-0.1, -0.05) is 18.2 Å². The number of nitrogens with zero attached hydrogens (tertiary/aromatic N) is 2. The summed E-state index contributed by atoms with van der Waals surface area (Å²) in [6.45, 7) is 2.97. The lowest BCUT2D eigenvalue weighted by Gasteiger charge is -2.36. The number of benzene rings is 1. The number of anilines is 1. The Morgan fingerprint density at radius 1 is 1.33 bits per heavy atom. The van der Waals surface area contributed by atoms with Crippen molar-refractivity contribution in [3.05, 3.63) is 29.8 Å². The number of piperidine rings is 1. The van der Waals surface area contributed by atoms with Gasteiger partial charge in [0.1, 0.15) is 0 Å². The number of hydrogen-bond donors (Lipinski definition) is 1. The zero-order valence-electron chi connectivity index (χ0n) is 12.3. The smallest absolute Gasteiger partial charge is 0.304 e. The SMILES string of the molecule is CC1Cc2ccccc2N1S(=O)(=O)N1CCCC(CO)C1. The van der Waals surface area contributed by atoms with Gasteiger partial charge < -0.3 is 5.11 Å². The third-order valence-corrected chi connectivity index (χ3v) is 6.50. The average Bonchev–Trinajstić information content (AvgIpc) is 2.83. The summed E-state index contributed by atoms with van der Waals surface area (Å²) in [4.78, 5) is 0. The molecule has 6 heteroatoms. The molecule has 1 N–H and O–H groups in total. The predicted molar refractivity (Wildman–Crippen MR) is 82.4 cm³/mol. The minimum absolute atomic E-state index is 0.0537. The molecule has 0 aromatic heterocycles. The normalized spacial score (nSPS) is 26.9. The summed E-state index contributed by atoms with van der Waals surface area (Å²) >= 11 is 0. The van der Waals surface area contributed by atoms with Crippen LogP contribution in [-0.4, -0.2) is 43.6 Å². The Bertz CT molecular complexity index is 617.